The molecule has 0 aliphatic heterocycles. The second kappa shape index (κ2) is 9.65. The summed E-state index contributed by atoms with van der Waals surface area (Å²) >= 11 is 0. The lowest BCUT2D eigenvalue weighted by Gasteiger charge is -2.13. The first-order chi connectivity index (χ1) is 17.5. The number of fused-ring (bicyclic) bond motifs is 2. The largest absolute Gasteiger partial charge is 0.488 e. The topological polar surface area (TPSA) is 33.6 Å². The SMILES string of the molecule is Fc1c(F)c(F)c(NN=Cc2c(OCc3cccc4ccccc34)ccc3ccccc23)c(F)c1F. The molecule has 5 aromatic rings. The van der Waals surface area contributed by atoms with Crippen molar-refractivity contribution >= 4 is 33.4 Å². The summed E-state index contributed by atoms with van der Waals surface area (Å²) in [5.41, 5.74) is 2.11. The number of anilines is 1. The lowest BCUT2D eigenvalue weighted by molar-refractivity contribution is 0.307. The third-order valence-electron chi connectivity index (χ3n) is 5.77. The maximum atomic E-state index is 14.0. The van der Waals surface area contributed by atoms with Crippen molar-refractivity contribution in [2.45, 2.75) is 6.61 Å². The molecule has 0 aliphatic carbocycles. The zero-order valence-corrected chi connectivity index (χ0v) is 18.5. The lowest BCUT2D eigenvalue weighted by atomic mass is 10.0. The van der Waals surface area contributed by atoms with E-state index in [1.165, 1.54) is 6.21 Å². The normalized spacial score (nSPS) is 11.5. The van der Waals surface area contributed by atoms with E-state index < -0.39 is 34.8 Å². The molecule has 0 heterocycles. The Morgan fingerprint density at radius 3 is 1.94 bits per heavy atom. The number of hydrogen-bond donors (Lipinski definition) is 1. The molecular formula is C28H17F5N2O. The molecule has 0 aliphatic rings. The zero-order valence-electron chi connectivity index (χ0n) is 18.5. The molecule has 0 saturated carbocycles. The molecule has 5 rings (SSSR count). The first kappa shape index (κ1) is 23.3. The van der Waals surface area contributed by atoms with Crippen LogP contribution in [0.5, 0.6) is 5.75 Å². The van der Waals surface area contributed by atoms with Gasteiger partial charge in [0.15, 0.2) is 23.3 Å². The number of nitrogens with one attached hydrogen (secondary N) is 1. The molecule has 5 aromatic carbocycles. The van der Waals surface area contributed by atoms with Gasteiger partial charge >= 0.3 is 0 Å². The van der Waals surface area contributed by atoms with Gasteiger partial charge in [0, 0.05) is 5.56 Å². The average Bonchev–Trinajstić information content (AvgIpc) is 2.91. The Bertz CT molecular complexity index is 1600. The third-order valence-corrected chi connectivity index (χ3v) is 5.77. The summed E-state index contributed by atoms with van der Waals surface area (Å²) < 4.78 is 74.5. The molecule has 0 saturated heterocycles. The van der Waals surface area contributed by atoms with Gasteiger partial charge in [0.2, 0.25) is 5.82 Å². The number of benzene rings is 5. The van der Waals surface area contributed by atoms with Gasteiger partial charge < -0.3 is 4.74 Å². The average molecular weight is 492 g/mol. The molecule has 0 radical (unpaired) electrons. The molecule has 36 heavy (non-hydrogen) atoms. The van der Waals surface area contributed by atoms with Crippen LogP contribution in [0.25, 0.3) is 21.5 Å². The highest BCUT2D eigenvalue weighted by atomic mass is 19.2. The summed E-state index contributed by atoms with van der Waals surface area (Å²) in [5, 5.41) is 7.42. The van der Waals surface area contributed by atoms with E-state index >= 15 is 0 Å². The van der Waals surface area contributed by atoms with Crippen LogP contribution in [-0.4, -0.2) is 6.21 Å². The molecule has 8 heteroatoms. The first-order valence-corrected chi connectivity index (χ1v) is 10.9. The Morgan fingerprint density at radius 1 is 0.639 bits per heavy atom. The van der Waals surface area contributed by atoms with Crippen molar-refractivity contribution in [2.24, 2.45) is 5.10 Å². The fourth-order valence-electron chi connectivity index (χ4n) is 3.97. The van der Waals surface area contributed by atoms with Crippen molar-refractivity contribution < 1.29 is 26.7 Å². The van der Waals surface area contributed by atoms with E-state index in [0.29, 0.717) is 11.3 Å². The number of ether oxygens (including phenoxy) is 1. The van der Waals surface area contributed by atoms with Gasteiger partial charge in [-0.15, -0.1) is 0 Å². The maximum absolute atomic E-state index is 14.0. The third kappa shape index (κ3) is 4.22. The Hall–Kier alpha value is -4.46. The van der Waals surface area contributed by atoms with Crippen molar-refractivity contribution in [1.29, 1.82) is 0 Å². The van der Waals surface area contributed by atoms with Gasteiger partial charge in [-0.05, 0) is 33.2 Å². The van der Waals surface area contributed by atoms with E-state index in [0.717, 1.165) is 27.1 Å². The van der Waals surface area contributed by atoms with Crippen LogP contribution in [0.3, 0.4) is 0 Å². The van der Waals surface area contributed by atoms with E-state index in [1.807, 2.05) is 66.1 Å². The minimum absolute atomic E-state index is 0.228. The minimum Gasteiger partial charge on any atom is -0.488 e. The number of rotatable bonds is 6. The Balaban J connectivity index is 1.49. The van der Waals surface area contributed by atoms with Gasteiger partial charge in [0.1, 0.15) is 18.0 Å². The number of nitrogens with zero attached hydrogens (tertiary/aromatic N) is 1. The van der Waals surface area contributed by atoms with Gasteiger partial charge in [-0.3, -0.25) is 5.43 Å². The van der Waals surface area contributed by atoms with Crippen molar-refractivity contribution in [1.82, 2.24) is 0 Å². The number of hydrogen-bond acceptors (Lipinski definition) is 3. The van der Waals surface area contributed by atoms with Crippen molar-refractivity contribution in [3.63, 3.8) is 0 Å². The fourth-order valence-corrected chi connectivity index (χ4v) is 3.97. The molecule has 0 bridgehead atoms. The van der Waals surface area contributed by atoms with Gasteiger partial charge in [0.25, 0.3) is 0 Å². The molecule has 0 spiro atoms. The van der Waals surface area contributed by atoms with Crippen LogP contribution >= 0.6 is 0 Å². The van der Waals surface area contributed by atoms with Crippen LogP contribution in [0.15, 0.2) is 84.0 Å². The Labute approximate surface area is 202 Å². The van der Waals surface area contributed by atoms with Crippen LogP contribution in [-0.2, 0) is 6.61 Å². The quantitative estimate of drug-likeness (QED) is 0.0866. The van der Waals surface area contributed by atoms with Gasteiger partial charge in [-0.25, -0.2) is 22.0 Å². The smallest absolute Gasteiger partial charge is 0.200 e. The number of hydrazone groups is 1. The molecule has 1 N–H and O–H groups in total. The predicted octanol–water partition coefficient (Wildman–Crippen LogP) is 7.71. The lowest BCUT2D eigenvalue weighted by Crippen LogP contribution is -2.07. The van der Waals surface area contributed by atoms with Crippen LogP contribution in [0.1, 0.15) is 11.1 Å². The Morgan fingerprint density at radius 2 is 1.22 bits per heavy atom. The van der Waals surface area contributed by atoms with Crippen LogP contribution < -0.4 is 10.2 Å². The molecule has 0 aromatic heterocycles. The van der Waals surface area contributed by atoms with E-state index in [1.54, 1.807) is 18.2 Å². The molecule has 3 nitrogen and oxygen atoms in total. The van der Waals surface area contributed by atoms with E-state index in [9.17, 15) is 22.0 Å². The molecule has 180 valence electrons. The predicted molar refractivity (Wildman–Crippen MR) is 130 cm³/mol. The summed E-state index contributed by atoms with van der Waals surface area (Å²) in [5.74, 6) is -9.95. The first-order valence-electron chi connectivity index (χ1n) is 10.9. The van der Waals surface area contributed by atoms with E-state index in [2.05, 4.69) is 5.10 Å². The zero-order chi connectivity index (χ0) is 25.2. The summed E-state index contributed by atoms with van der Waals surface area (Å²) in [6.45, 7) is 0.228. The molecule has 0 fully saturated rings. The van der Waals surface area contributed by atoms with Crippen LogP contribution in [0.4, 0.5) is 27.6 Å². The van der Waals surface area contributed by atoms with Crippen LogP contribution in [0, 0.1) is 29.1 Å². The monoisotopic (exact) mass is 492 g/mol. The van der Waals surface area contributed by atoms with Gasteiger partial charge in [-0.2, -0.15) is 5.10 Å². The van der Waals surface area contributed by atoms with Crippen molar-refractivity contribution in [3.8, 4) is 5.75 Å². The Kier molecular flexibility index (Phi) is 6.25. The molecular weight excluding hydrogens is 475 g/mol. The summed E-state index contributed by atoms with van der Waals surface area (Å²) in [7, 11) is 0. The molecule has 0 amide bonds. The van der Waals surface area contributed by atoms with Gasteiger partial charge in [-0.1, -0.05) is 72.8 Å². The van der Waals surface area contributed by atoms with Crippen molar-refractivity contribution in [3.05, 3.63) is 119 Å². The van der Waals surface area contributed by atoms with Crippen molar-refractivity contribution in [2.75, 3.05) is 5.43 Å². The summed E-state index contributed by atoms with van der Waals surface area (Å²) in [6.07, 6.45) is 1.22. The number of halogens is 5. The fraction of sp³-hybridized carbons (Fsp3) is 0.0357. The standard InChI is InChI=1S/C28H17F5N2O/c29-23-24(30)26(32)28(27(33)25(23)31)35-34-14-21-20-11-4-2-7-17(20)12-13-22(21)36-15-18-9-5-8-16-6-1-3-10-19(16)18/h1-14,35H,15H2. The van der Waals surface area contributed by atoms with E-state index in [-0.39, 0.29) is 6.61 Å². The molecule has 0 unspecified atom stereocenters. The second-order valence-electron chi connectivity index (χ2n) is 7.94. The summed E-state index contributed by atoms with van der Waals surface area (Å²) in [6, 6.07) is 24.6. The summed E-state index contributed by atoms with van der Waals surface area (Å²) in [4.78, 5) is 0. The van der Waals surface area contributed by atoms with Gasteiger partial charge in [0.05, 0.1) is 6.21 Å². The highest BCUT2D eigenvalue weighted by molar-refractivity contribution is 6.02. The maximum Gasteiger partial charge on any atom is 0.200 e. The highest BCUT2D eigenvalue weighted by Gasteiger charge is 2.25. The van der Waals surface area contributed by atoms with E-state index in [4.69, 9.17) is 4.74 Å². The second-order valence-corrected chi connectivity index (χ2v) is 7.94. The minimum atomic E-state index is -2.24. The molecule has 0 atom stereocenters. The van der Waals surface area contributed by atoms with Crippen LogP contribution in [0.2, 0.25) is 0 Å². The highest BCUT2D eigenvalue weighted by Crippen LogP contribution is 2.30.